The van der Waals surface area contributed by atoms with Crippen LogP contribution in [0.15, 0.2) is 42.4 Å². The second-order valence-electron chi connectivity index (χ2n) is 5.44. The predicted octanol–water partition coefficient (Wildman–Crippen LogP) is 0.0925. The van der Waals surface area contributed by atoms with Gasteiger partial charge in [0, 0.05) is 45.3 Å². The van der Waals surface area contributed by atoms with E-state index in [1.807, 2.05) is 0 Å². The van der Waals surface area contributed by atoms with Gasteiger partial charge in [-0.1, -0.05) is 12.2 Å². The number of hydrogen-bond acceptors (Lipinski definition) is 5. The van der Waals surface area contributed by atoms with Crippen molar-refractivity contribution in [3.05, 3.63) is 47.9 Å². The Morgan fingerprint density at radius 2 is 1.91 bits per heavy atom. The summed E-state index contributed by atoms with van der Waals surface area (Å²) in [6.45, 7) is 11.9. The molecular formula is C16H23N5O2. The Balaban J connectivity index is 1.86. The molecule has 7 heteroatoms. The number of nitrogens with zero attached hydrogens (tertiary/aromatic N) is 4. The Kier molecular flexibility index (Phi) is 6.10. The molecule has 124 valence electrons. The van der Waals surface area contributed by atoms with Gasteiger partial charge in [-0.3, -0.25) is 14.5 Å². The molecule has 1 fully saturated rings. The van der Waals surface area contributed by atoms with Crippen molar-refractivity contribution in [2.45, 2.75) is 0 Å². The second kappa shape index (κ2) is 8.28. The summed E-state index contributed by atoms with van der Waals surface area (Å²) in [6, 6.07) is 1.55. The molecule has 1 aromatic rings. The van der Waals surface area contributed by atoms with E-state index in [4.69, 9.17) is 0 Å². The first kappa shape index (κ1) is 17.0. The van der Waals surface area contributed by atoms with Gasteiger partial charge in [0.25, 0.3) is 5.56 Å². The molecule has 1 saturated heterocycles. The lowest BCUT2D eigenvalue weighted by Crippen LogP contribution is -2.50. The lowest BCUT2D eigenvalue weighted by molar-refractivity contribution is -0.131. The van der Waals surface area contributed by atoms with Crippen molar-refractivity contribution in [3.63, 3.8) is 0 Å². The van der Waals surface area contributed by atoms with Crippen LogP contribution in [-0.2, 0) is 4.79 Å². The van der Waals surface area contributed by atoms with Crippen LogP contribution in [0.2, 0.25) is 0 Å². The summed E-state index contributed by atoms with van der Waals surface area (Å²) < 4.78 is 0. The molecule has 0 radical (unpaired) electrons. The molecule has 1 N–H and O–H groups in total. The van der Waals surface area contributed by atoms with Crippen molar-refractivity contribution in [2.75, 3.05) is 50.7 Å². The molecule has 0 spiro atoms. The molecule has 0 saturated carbocycles. The van der Waals surface area contributed by atoms with Crippen LogP contribution >= 0.6 is 0 Å². The number of carbonyl (C=O) groups is 1. The first-order valence-electron chi connectivity index (χ1n) is 7.65. The molecule has 0 aromatic carbocycles. The molecule has 0 aliphatic carbocycles. The van der Waals surface area contributed by atoms with Crippen LogP contribution in [0.25, 0.3) is 0 Å². The minimum absolute atomic E-state index is 0.0797. The summed E-state index contributed by atoms with van der Waals surface area (Å²) in [4.78, 5) is 29.6. The first-order valence-corrected chi connectivity index (χ1v) is 7.65. The average Bonchev–Trinajstić information content (AvgIpc) is 2.55. The monoisotopic (exact) mass is 317 g/mol. The lowest BCUT2D eigenvalue weighted by atomic mass is 10.2. The second-order valence-corrected chi connectivity index (χ2v) is 5.44. The van der Waals surface area contributed by atoms with E-state index in [0.29, 0.717) is 19.6 Å². The topological polar surface area (TPSA) is 72.5 Å². The number of rotatable bonds is 7. The minimum Gasteiger partial charge on any atom is -0.368 e. The molecule has 23 heavy (non-hydrogen) atoms. The number of carbonyl (C=O) groups excluding carboxylic acids is 1. The van der Waals surface area contributed by atoms with E-state index in [2.05, 4.69) is 33.2 Å². The number of aromatic amines is 1. The first-order chi connectivity index (χ1) is 11.1. The van der Waals surface area contributed by atoms with Crippen LogP contribution in [0.3, 0.4) is 0 Å². The van der Waals surface area contributed by atoms with Crippen molar-refractivity contribution in [1.29, 1.82) is 0 Å². The summed E-state index contributed by atoms with van der Waals surface area (Å²) in [5.74, 6) is 0.0797. The van der Waals surface area contributed by atoms with Gasteiger partial charge in [0.15, 0.2) is 0 Å². The molecule has 1 aliphatic heterocycles. The van der Waals surface area contributed by atoms with E-state index < -0.39 is 0 Å². The molecule has 0 unspecified atom stereocenters. The van der Waals surface area contributed by atoms with Crippen LogP contribution in [0.5, 0.6) is 0 Å². The van der Waals surface area contributed by atoms with Gasteiger partial charge in [-0.25, -0.2) is 5.10 Å². The zero-order chi connectivity index (χ0) is 16.7. The minimum atomic E-state index is -0.204. The van der Waals surface area contributed by atoms with Gasteiger partial charge < -0.3 is 9.80 Å². The number of nitrogens with one attached hydrogen (secondary N) is 1. The van der Waals surface area contributed by atoms with Crippen molar-refractivity contribution in [2.24, 2.45) is 0 Å². The highest BCUT2D eigenvalue weighted by Gasteiger charge is 2.21. The maximum atomic E-state index is 12.3. The van der Waals surface area contributed by atoms with Crippen LogP contribution < -0.4 is 10.5 Å². The van der Waals surface area contributed by atoms with E-state index in [9.17, 15) is 9.59 Å². The maximum absolute atomic E-state index is 12.3. The molecule has 7 nitrogen and oxygen atoms in total. The van der Waals surface area contributed by atoms with Gasteiger partial charge in [0.2, 0.25) is 5.91 Å². The van der Waals surface area contributed by atoms with Gasteiger partial charge in [0.05, 0.1) is 18.4 Å². The summed E-state index contributed by atoms with van der Waals surface area (Å²) in [5.41, 5.74) is 0.615. The third-order valence-electron chi connectivity index (χ3n) is 3.80. The third kappa shape index (κ3) is 4.79. The Morgan fingerprint density at radius 3 is 2.48 bits per heavy atom. The van der Waals surface area contributed by atoms with Crippen molar-refractivity contribution < 1.29 is 4.79 Å². The van der Waals surface area contributed by atoms with E-state index in [-0.39, 0.29) is 11.5 Å². The van der Waals surface area contributed by atoms with Crippen LogP contribution in [-0.4, -0.2) is 71.7 Å². The fraction of sp³-hybridized carbons (Fsp3) is 0.438. The third-order valence-corrected chi connectivity index (χ3v) is 3.80. The van der Waals surface area contributed by atoms with Crippen LogP contribution in [0.1, 0.15) is 0 Å². The number of hydrogen-bond donors (Lipinski definition) is 1. The van der Waals surface area contributed by atoms with E-state index in [1.54, 1.807) is 29.3 Å². The van der Waals surface area contributed by atoms with E-state index in [0.717, 1.165) is 31.9 Å². The number of H-pyrrole nitrogens is 1. The SMILES string of the molecule is C=CCN(CC=C)C(=O)CN1CCN(c2cn[nH]c(=O)c2)CC1. The largest absolute Gasteiger partial charge is 0.368 e. The molecule has 2 rings (SSSR count). The zero-order valence-corrected chi connectivity index (χ0v) is 13.3. The lowest BCUT2D eigenvalue weighted by Gasteiger charge is -2.36. The fourth-order valence-corrected chi connectivity index (χ4v) is 2.58. The van der Waals surface area contributed by atoms with Gasteiger partial charge in [-0.05, 0) is 0 Å². The van der Waals surface area contributed by atoms with Crippen molar-refractivity contribution in [1.82, 2.24) is 20.0 Å². The molecule has 1 aliphatic rings. The smallest absolute Gasteiger partial charge is 0.266 e. The van der Waals surface area contributed by atoms with E-state index in [1.165, 1.54) is 0 Å². The Morgan fingerprint density at radius 1 is 1.26 bits per heavy atom. The van der Waals surface area contributed by atoms with Crippen LogP contribution in [0, 0.1) is 0 Å². The Hall–Kier alpha value is -2.41. The van der Waals surface area contributed by atoms with Gasteiger partial charge in [0.1, 0.15) is 0 Å². The number of amides is 1. The molecule has 0 atom stereocenters. The standard InChI is InChI=1S/C16H23N5O2/c1-3-5-21(6-4-2)16(23)13-19-7-9-20(10-8-19)14-11-15(22)18-17-12-14/h3-4,11-12H,1-2,5-10,13H2,(H,18,22). The molecule has 0 bridgehead atoms. The number of piperazine rings is 1. The quantitative estimate of drug-likeness (QED) is 0.722. The summed E-state index contributed by atoms with van der Waals surface area (Å²) in [7, 11) is 0. The van der Waals surface area contributed by atoms with Gasteiger partial charge in [-0.2, -0.15) is 5.10 Å². The maximum Gasteiger partial charge on any atom is 0.266 e. The number of anilines is 1. The summed E-state index contributed by atoms with van der Waals surface area (Å²) >= 11 is 0. The highest BCUT2D eigenvalue weighted by molar-refractivity contribution is 5.78. The highest BCUT2D eigenvalue weighted by Crippen LogP contribution is 2.12. The van der Waals surface area contributed by atoms with Crippen molar-refractivity contribution in [3.8, 4) is 0 Å². The average molecular weight is 317 g/mol. The highest BCUT2D eigenvalue weighted by atomic mass is 16.2. The number of aromatic nitrogens is 2. The van der Waals surface area contributed by atoms with Gasteiger partial charge >= 0.3 is 0 Å². The van der Waals surface area contributed by atoms with Crippen molar-refractivity contribution >= 4 is 11.6 Å². The Labute approximate surface area is 135 Å². The molecule has 2 heterocycles. The molecular weight excluding hydrogens is 294 g/mol. The van der Waals surface area contributed by atoms with E-state index >= 15 is 0 Å². The summed E-state index contributed by atoms with van der Waals surface area (Å²) in [5, 5.41) is 6.19. The van der Waals surface area contributed by atoms with Crippen LogP contribution in [0.4, 0.5) is 5.69 Å². The zero-order valence-electron chi connectivity index (χ0n) is 13.3. The molecule has 1 aromatic heterocycles. The fourth-order valence-electron chi connectivity index (χ4n) is 2.58. The molecule has 1 amide bonds. The predicted molar refractivity (Wildman–Crippen MR) is 90.5 cm³/mol. The Bertz CT molecular complexity index is 594. The summed E-state index contributed by atoms with van der Waals surface area (Å²) in [6.07, 6.45) is 5.09. The van der Waals surface area contributed by atoms with Gasteiger partial charge in [-0.15, -0.1) is 13.2 Å². The normalized spacial score (nSPS) is 15.2.